The third-order valence-electron chi connectivity index (χ3n) is 2.39. The number of nitrogens with one attached hydrogen (secondary N) is 1. The molecule has 0 aromatic carbocycles. The predicted octanol–water partition coefficient (Wildman–Crippen LogP) is 2.30. The molecule has 0 aliphatic rings. The highest BCUT2D eigenvalue weighted by atomic mass is 16.1. The van der Waals surface area contributed by atoms with Crippen molar-refractivity contribution in [2.24, 2.45) is 17.1 Å². The fourth-order valence-electron chi connectivity index (χ4n) is 2.20. The number of carbonyl (C=O) groups is 1. The molecular weight excluding hydrogens is 200 g/mol. The zero-order valence-corrected chi connectivity index (χ0v) is 11.7. The van der Waals surface area contributed by atoms with Crippen LogP contribution in [-0.4, -0.2) is 18.0 Å². The Hall–Kier alpha value is -0.570. The molecule has 0 bridgehead atoms. The highest BCUT2D eigenvalue weighted by Crippen LogP contribution is 2.26. The van der Waals surface area contributed by atoms with Gasteiger partial charge in [0.15, 0.2) is 0 Å². The van der Waals surface area contributed by atoms with Crippen LogP contribution in [0.15, 0.2) is 0 Å². The van der Waals surface area contributed by atoms with E-state index in [-0.39, 0.29) is 22.8 Å². The Morgan fingerprint density at radius 1 is 1.25 bits per heavy atom. The number of carbonyl (C=O) groups excluding carboxylic acids is 1. The van der Waals surface area contributed by atoms with Gasteiger partial charge in [-0.15, -0.1) is 0 Å². The van der Waals surface area contributed by atoms with E-state index < -0.39 is 0 Å². The van der Waals surface area contributed by atoms with Gasteiger partial charge in [0.25, 0.3) is 0 Å². The molecule has 0 aliphatic carbocycles. The van der Waals surface area contributed by atoms with Crippen molar-refractivity contribution in [3.05, 3.63) is 0 Å². The van der Waals surface area contributed by atoms with Gasteiger partial charge < -0.3 is 11.1 Å². The highest BCUT2D eigenvalue weighted by Gasteiger charge is 2.27. The van der Waals surface area contributed by atoms with E-state index in [0.29, 0.717) is 13.0 Å². The van der Waals surface area contributed by atoms with Crippen molar-refractivity contribution in [1.82, 2.24) is 5.32 Å². The molecule has 0 spiro atoms. The minimum Gasteiger partial charge on any atom is -0.351 e. The summed E-state index contributed by atoms with van der Waals surface area (Å²) in [6, 6.07) is 0. The van der Waals surface area contributed by atoms with E-state index in [1.54, 1.807) is 0 Å². The second-order valence-electron chi connectivity index (χ2n) is 6.71. The third kappa shape index (κ3) is 7.69. The summed E-state index contributed by atoms with van der Waals surface area (Å²) < 4.78 is 0. The number of rotatable bonds is 5. The van der Waals surface area contributed by atoms with Crippen LogP contribution in [-0.2, 0) is 4.79 Å². The number of hydrogen-bond acceptors (Lipinski definition) is 2. The lowest BCUT2D eigenvalue weighted by Gasteiger charge is -2.33. The van der Waals surface area contributed by atoms with Gasteiger partial charge in [0.1, 0.15) is 0 Å². The van der Waals surface area contributed by atoms with Crippen molar-refractivity contribution in [1.29, 1.82) is 0 Å². The summed E-state index contributed by atoms with van der Waals surface area (Å²) in [5.41, 5.74) is 5.58. The summed E-state index contributed by atoms with van der Waals surface area (Å²) in [7, 11) is 0. The van der Waals surface area contributed by atoms with Gasteiger partial charge in [-0.25, -0.2) is 0 Å². The lowest BCUT2D eigenvalue weighted by molar-refractivity contribution is -0.123. The molecule has 0 aromatic rings. The van der Waals surface area contributed by atoms with Crippen LogP contribution in [0.25, 0.3) is 0 Å². The third-order valence-corrected chi connectivity index (χ3v) is 2.39. The van der Waals surface area contributed by atoms with Crippen LogP contribution in [0.5, 0.6) is 0 Å². The molecule has 0 radical (unpaired) electrons. The van der Waals surface area contributed by atoms with Crippen molar-refractivity contribution < 1.29 is 4.79 Å². The normalized spacial score (nSPS) is 14.7. The second-order valence-corrected chi connectivity index (χ2v) is 6.71. The maximum atomic E-state index is 11.7. The summed E-state index contributed by atoms with van der Waals surface area (Å²) in [5.74, 6) is 0.359. The van der Waals surface area contributed by atoms with E-state index in [2.05, 4.69) is 39.9 Å². The molecule has 1 unspecified atom stereocenters. The molecule has 96 valence electrons. The molecule has 16 heavy (non-hydrogen) atoms. The van der Waals surface area contributed by atoms with Crippen LogP contribution >= 0.6 is 0 Å². The fourth-order valence-corrected chi connectivity index (χ4v) is 2.20. The maximum absolute atomic E-state index is 11.7. The minimum atomic E-state index is -0.149. The van der Waals surface area contributed by atoms with E-state index >= 15 is 0 Å². The molecule has 3 nitrogen and oxygen atoms in total. The summed E-state index contributed by atoms with van der Waals surface area (Å²) >= 11 is 0. The first-order valence-corrected chi connectivity index (χ1v) is 6.07. The molecule has 0 aliphatic heterocycles. The Kier molecular flexibility index (Phi) is 5.47. The number of amides is 1. The quantitative estimate of drug-likeness (QED) is 0.758. The van der Waals surface area contributed by atoms with Gasteiger partial charge in [-0.2, -0.15) is 0 Å². The monoisotopic (exact) mass is 228 g/mol. The van der Waals surface area contributed by atoms with Crippen molar-refractivity contribution >= 4 is 5.91 Å². The van der Waals surface area contributed by atoms with E-state index in [1.807, 2.05) is 6.92 Å². The first-order valence-electron chi connectivity index (χ1n) is 6.07. The molecule has 0 aromatic heterocycles. The predicted molar refractivity (Wildman–Crippen MR) is 69.1 cm³/mol. The van der Waals surface area contributed by atoms with Gasteiger partial charge in [0.2, 0.25) is 5.91 Å². The summed E-state index contributed by atoms with van der Waals surface area (Å²) in [4.78, 5) is 11.7. The molecule has 1 amide bonds. The number of hydrogen-bond donors (Lipinski definition) is 2. The van der Waals surface area contributed by atoms with Crippen LogP contribution in [0.1, 0.15) is 54.4 Å². The largest absolute Gasteiger partial charge is 0.351 e. The molecule has 0 rings (SSSR count). The average molecular weight is 228 g/mol. The SMILES string of the molecule is CC(CN)CC(=O)NC(C)(C)CC(C)(C)C. The fraction of sp³-hybridized carbons (Fsp3) is 0.923. The van der Waals surface area contributed by atoms with Gasteiger partial charge in [0, 0.05) is 12.0 Å². The van der Waals surface area contributed by atoms with E-state index in [1.165, 1.54) is 0 Å². The Morgan fingerprint density at radius 3 is 2.12 bits per heavy atom. The van der Waals surface area contributed by atoms with Crippen LogP contribution in [0.2, 0.25) is 0 Å². The molecule has 0 heterocycles. The standard InChI is InChI=1S/C13H28N2O/c1-10(8-14)7-11(16)15-13(5,6)9-12(2,3)4/h10H,7-9,14H2,1-6H3,(H,15,16). The molecular formula is C13H28N2O. The molecule has 3 heteroatoms. The van der Waals surface area contributed by atoms with Crippen molar-refractivity contribution in [3.8, 4) is 0 Å². The Bertz CT molecular complexity index is 229. The highest BCUT2D eigenvalue weighted by molar-refractivity contribution is 5.76. The lowest BCUT2D eigenvalue weighted by Crippen LogP contribution is -2.46. The molecule has 0 saturated heterocycles. The molecule has 0 saturated carbocycles. The lowest BCUT2D eigenvalue weighted by atomic mass is 9.81. The van der Waals surface area contributed by atoms with Gasteiger partial charge >= 0.3 is 0 Å². The zero-order valence-electron chi connectivity index (χ0n) is 11.7. The van der Waals surface area contributed by atoms with Crippen molar-refractivity contribution in [2.45, 2.75) is 59.9 Å². The minimum absolute atomic E-state index is 0.104. The summed E-state index contributed by atoms with van der Waals surface area (Å²) in [5, 5.41) is 3.08. The van der Waals surface area contributed by atoms with Crippen LogP contribution < -0.4 is 11.1 Å². The maximum Gasteiger partial charge on any atom is 0.220 e. The second kappa shape index (κ2) is 5.67. The van der Waals surface area contributed by atoms with Crippen LogP contribution in [0.3, 0.4) is 0 Å². The number of nitrogens with two attached hydrogens (primary N) is 1. The summed E-state index contributed by atoms with van der Waals surface area (Å²) in [6.45, 7) is 13.3. The smallest absolute Gasteiger partial charge is 0.220 e. The van der Waals surface area contributed by atoms with E-state index in [0.717, 1.165) is 6.42 Å². The Morgan fingerprint density at radius 2 is 1.75 bits per heavy atom. The summed E-state index contributed by atoms with van der Waals surface area (Å²) in [6.07, 6.45) is 1.48. The van der Waals surface area contributed by atoms with Crippen LogP contribution in [0.4, 0.5) is 0 Å². The van der Waals surface area contributed by atoms with Gasteiger partial charge in [-0.05, 0) is 38.1 Å². The van der Waals surface area contributed by atoms with Crippen LogP contribution in [0, 0.1) is 11.3 Å². The van der Waals surface area contributed by atoms with Gasteiger partial charge in [-0.1, -0.05) is 27.7 Å². The van der Waals surface area contributed by atoms with Crippen molar-refractivity contribution in [2.75, 3.05) is 6.54 Å². The van der Waals surface area contributed by atoms with Crippen molar-refractivity contribution in [3.63, 3.8) is 0 Å². The first-order chi connectivity index (χ1) is 7.06. The zero-order chi connectivity index (χ0) is 13.0. The topological polar surface area (TPSA) is 55.1 Å². The van der Waals surface area contributed by atoms with E-state index in [4.69, 9.17) is 5.73 Å². The molecule has 1 atom stereocenters. The first kappa shape index (κ1) is 15.4. The Balaban J connectivity index is 4.20. The van der Waals surface area contributed by atoms with Gasteiger partial charge in [0.05, 0.1) is 0 Å². The average Bonchev–Trinajstić information content (AvgIpc) is 1.97. The van der Waals surface area contributed by atoms with E-state index in [9.17, 15) is 4.79 Å². The molecule has 0 fully saturated rings. The molecule has 3 N–H and O–H groups in total. The Labute approximate surface area is 100 Å². The van der Waals surface area contributed by atoms with Gasteiger partial charge in [-0.3, -0.25) is 4.79 Å².